The maximum Gasteiger partial charge on any atom is 0.308 e. The number of hydrogen-bond donors (Lipinski definition) is 0. The van der Waals surface area contributed by atoms with E-state index in [0.29, 0.717) is 0 Å². The molecule has 2 aromatic carbocycles. The van der Waals surface area contributed by atoms with Crippen molar-refractivity contribution in [2.75, 3.05) is 11.5 Å². The largest absolute Gasteiger partial charge is 0.455 e. The predicted octanol–water partition coefficient (Wildman–Crippen LogP) is 3.98. The van der Waals surface area contributed by atoms with Gasteiger partial charge in [-0.1, -0.05) is 47.4 Å². The zero-order chi connectivity index (χ0) is 20.4. The van der Waals surface area contributed by atoms with Crippen molar-refractivity contribution in [3.8, 4) is 0 Å². The van der Waals surface area contributed by atoms with Crippen LogP contribution >= 0.6 is 23.1 Å². The third kappa shape index (κ3) is 3.99. The zero-order valence-electron chi connectivity index (χ0n) is 15.7. The van der Waals surface area contributed by atoms with Crippen LogP contribution in [0.2, 0.25) is 0 Å². The van der Waals surface area contributed by atoms with Crippen molar-refractivity contribution in [2.45, 2.75) is 29.7 Å². The molecule has 0 spiro atoms. The molecule has 6 nitrogen and oxygen atoms in total. The van der Waals surface area contributed by atoms with Crippen molar-refractivity contribution in [3.63, 3.8) is 0 Å². The summed E-state index contributed by atoms with van der Waals surface area (Å²) < 4.78 is 6.75. The van der Waals surface area contributed by atoms with Crippen LogP contribution in [0.3, 0.4) is 0 Å². The molecule has 3 aromatic rings. The molecule has 0 N–H and O–H groups in total. The summed E-state index contributed by atoms with van der Waals surface area (Å²) in [4.78, 5) is 40.2. The van der Waals surface area contributed by atoms with Crippen LogP contribution in [-0.4, -0.2) is 23.1 Å². The first-order valence-corrected chi connectivity index (χ1v) is 10.7. The molecule has 148 valence electrons. The van der Waals surface area contributed by atoms with Crippen LogP contribution in [0.5, 0.6) is 0 Å². The van der Waals surface area contributed by atoms with E-state index in [-0.39, 0.29) is 30.4 Å². The molecule has 2 heterocycles. The lowest BCUT2D eigenvalue weighted by molar-refractivity contribution is -0.147. The van der Waals surface area contributed by atoms with Gasteiger partial charge in [-0.05, 0) is 31.2 Å². The van der Waals surface area contributed by atoms with Crippen LogP contribution in [0.15, 0.2) is 68.5 Å². The van der Waals surface area contributed by atoms with Gasteiger partial charge in [0, 0.05) is 27.4 Å². The zero-order valence-corrected chi connectivity index (χ0v) is 17.3. The van der Waals surface area contributed by atoms with Crippen LogP contribution in [0.4, 0.5) is 11.4 Å². The molecular formula is C21H18N2O4S2. The maximum atomic E-state index is 13.0. The number of carbonyl (C=O) groups is 2. The van der Waals surface area contributed by atoms with E-state index in [1.807, 2.05) is 55.5 Å². The third-order valence-electron chi connectivity index (χ3n) is 4.55. The molecule has 0 aliphatic carbocycles. The molecule has 0 radical (unpaired) electrons. The van der Waals surface area contributed by atoms with Gasteiger partial charge >= 0.3 is 10.8 Å². The lowest BCUT2D eigenvalue weighted by atomic mass is 10.2. The molecule has 0 saturated carbocycles. The van der Waals surface area contributed by atoms with Crippen molar-refractivity contribution in [1.82, 2.24) is 4.57 Å². The Kier molecular flexibility index (Phi) is 5.55. The molecule has 0 saturated heterocycles. The smallest absolute Gasteiger partial charge is 0.308 e. The Balaban J connectivity index is 1.45. The van der Waals surface area contributed by atoms with E-state index in [1.54, 1.807) is 22.0 Å². The number of carbonyl (C=O) groups excluding carboxylic acids is 2. The summed E-state index contributed by atoms with van der Waals surface area (Å²) in [6.45, 7) is 1.70. The number of rotatable bonds is 5. The second-order valence-electron chi connectivity index (χ2n) is 6.47. The second kappa shape index (κ2) is 8.26. The van der Waals surface area contributed by atoms with E-state index in [4.69, 9.17) is 4.74 Å². The number of nitrogens with zero attached hydrogens (tertiary/aromatic N) is 2. The van der Waals surface area contributed by atoms with Gasteiger partial charge in [0.05, 0.1) is 17.8 Å². The van der Waals surface area contributed by atoms with E-state index in [2.05, 4.69) is 0 Å². The average Bonchev–Trinajstić information content (AvgIpc) is 3.06. The fraction of sp³-hybridized carbons (Fsp3) is 0.190. The Morgan fingerprint density at radius 3 is 2.21 bits per heavy atom. The summed E-state index contributed by atoms with van der Waals surface area (Å²) in [5, 5.41) is 1.75. The summed E-state index contributed by atoms with van der Waals surface area (Å²) in [7, 11) is 0. The van der Waals surface area contributed by atoms with Crippen LogP contribution in [0.1, 0.15) is 12.1 Å². The van der Waals surface area contributed by atoms with Gasteiger partial charge < -0.3 is 9.30 Å². The SMILES string of the molecule is Cc1csc(=O)n1CCC(=O)OCC(=O)N1c2ccccc2Sc2ccccc21. The minimum atomic E-state index is -0.510. The molecule has 1 aliphatic heterocycles. The normalized spacial score (nSPS) is 12.2. The highest BCUT2D eigenvalue weighted by molar-refractivity contribution is 7.99. The number of thiazole rings is 1. The first-order chi connectivity index (χ1) is 14.0. The highest BCUT2D eigenvalue weighted by Gasteiger charge is 2.28. The molecule has 1 aliphatic rings. The number of benzene rings is 2. The summed E-state index contributed by atoms with van der Waals surface area (Å²) in [5.74, 6) is -0.828. The quantitative estimate of drug-likeness (QED) is 0.577. The van der Waals surface area contributed by atoms with Crippen molar-refractivity contribution in [3.05, 3.63) is 69.3 Å². The number of esters is 1. The Morgan fingerprint density at radius 1 is 1.00 bits per heavy atom. The number of amides is 1. The minimum Gasteiger partial charge on any atom is -0.455 e. The molecule has 0 unspecified atom stereocenters. The number of fused-ring (bicyclic) bond motifs is 2. The second-order valence-corrected chi connectivity index (χ2v) is 8.38. The predicted molar refractivity (Wildman–Crippen MR) is 113 cm³/mol. The average molecular weight is 427 g/mol. The summed E-state index contributed by atoms with van der Waals surface area (Å²) in [6, 6.07) is 15.3. The summed E-state index contributed by atoms with van der Waals surface area (Å²) in [6.07, 6.45) is 0.0355. The van der Waals surface area contributed by atoms with E-state index in [1.165, 1.54) is 4.57 Å². The summed E-state index contributed by atoms with van der Waals surface area (Å²) >= 11 is 2.70. The molecule has 8 heteroatoms. The minimum absolute atomic E-state index is 0.0355. The first kappa shape index (κ1) is 19.5. The number of para-hydroxylation sites is 2. The molecule has 29 heavy (non-hydrogen) atoms. The number of aryl methyl sites for hydroxylation is 1. The van der Waals surface area contributed by atoms with Gasteiger partial charge in [-0.25, -0.2) is 0 Å². The third-order valence-corrected chi connectivity index (χ3v) is 6.57. The summed E-state index contributed by atoms with van der Waals surface area (Å²) in [5.41, 5.74) is 2.36. The molecule has 0 atom stereocenters. The van der Waals surface area contributed by atoms with Gasteiger partial charge in [0.25, 0.3) is 5.91 Å². The van der Waals surface area contributed by atoms with Gasteiger partial charge in [-0.3, -0.25) is 19.3 Å². The number of anilines is 2. The van der Waals surface area contributed by atoms with Crippen molar-refractivity contribution in [1.29, 1.82) is 0 Å². The Bertz CT molecular complexity index is 1090. The van der Waals surface area contributed by atoms with Gasteiger partial charge in [0.1, 0.15) is 0 Å². The topological polar surface area (TPSA) is 68.6 Å². The van der Waals surface area contributed by atoms with E-state index in [0.717, 1.165) is 38.2 Å². The van der Waals surface area contributed by atoms with Crippen molar-refractivity contribution < 1.29 is 14.3 Å². The van der Waals surface area contributed by atoms with Crippen LogP contribution in [0.25, 0.3) is 0 Å². The van der Waals surface area contributed by atoms with Gasteiger partial charge in [0.15, 0.2) is 6.61 Å². The Labute approximate surface area is 175 Å². The standard InChI is InChI=1S/C21H18N2O4S2/c1-14-13-28-21(26)22(14)11-10-20(25)27-12-19(24)23-15-6-2-4-8-17(15)29-18-9-5-3-7-16(18)23/h2-9,13H,10-12H2,1H3. The van der Waals surface area contributed by atoms with Gasteiger partial charge in [-0.15, -0.1) is 0 Å². The fourth-order valence-electron chi connectivity index (χ4n) is 3.13. The molecule has 0 bridgehead atoms. The molecule has 1 aromatic heterocycles. The van der Waals surface area contributed by atoms with Crippen molar-refractivity contribution in [2.24, 2.45) is 0 Å². The van der Waals surface area contributed by atoms with Crippen molar-refractivity contribution >= 4 is 46.3 Å². The first-order valence-electron chi connectivity index (χ1n) is 9.04. The Morgan fingerprint density at radius 2 is 1.62 bits per heavy atom. The van der Waals surface area contributed by atoms with E-state index >= 15 is 0 Å². The maximum absolute atomic E-state index is 13.0. The number of aromatic nitrogens is 1. The monoisotopic (exact) mass is 426 g/mol. The number of hydrogen-bond acceptors (Lipinski definition) is 6. The van der Waals surface area contributed by atoms with E-state index in [9.17, 15) is 14.4 Å². The number of ether oxygens (including phenoxy) is 1. The van der Waals surface area contributed by atoms with Gasteiger partial charge in [0.2, 0.25) is 0 Å². The highest BCUT2D eigenvalue weighted by Crippen LogP contribution is 2.47. The Hall–Kier alpha value is -2.84. The van der Waals surface area contributed by atoms with E-state index < -0.39 is 5.97 Å². The molecular weight excluding hydrogens is 408 g/mol. The van der Waals surface area contributed by atoms with Crippen LogP contribution in [0, 0.1) is 6.92 Å². The van der Waals surface area contributed by atoms with Gasteiger partial charge in [-0.2, -0.15) is 0 Å². The fourth-order valence-corrected chi connectivity index (χ4v) is 4.95. The molecule has 0 fully saturated rings. The van der Waals surface area contributed by atoms with Crippen LogP contribution in [-0.2, 0) is 20.9 Å². The highest BCUT2D eigenvalue weighted by atomic mass is 32.2. The molecule has 1 amide bonds. The van der Waals surface area contributed by atoms with Crippen LogP contribution < -0.4 is 9.77 Å². The lowest BCUT2D eigenvalue weighted by Crippen LogP contribution is -2.32. The molecule has 4 rings (SSSR count). The lowest BCUT2D eigenvalue weighted by Gasteiger charge is -2.30.